The Morgan fingerprint density at radius 1 is 1.00 bits per heavy atom. The predicted octanol–water partition coefficient (Wildman–Crippen LogP) is 4.93. The van der Waals surface area contributed by atoms with Gasteiger partial charge >= 0.3 is 5.97 Å². The highest BCUT2D eigenvalue weighted by Gasteiger charge is 2.05. The highest BCUT2D eigenvalue weighted by molar-refractivity contribution is 5.66. The third-order valence-corrected chi connectivity index (χ3v) is 4.29. The molecule has 24 heavy (non-hydrogen) atoms. The summed E-state index contributed by atoms with van der Waals surface area (Å²) in [4.78, 5) is 15.1. The van der Waals surface area contributed by atoms with Crippen LogP contribution in [-0.2, 0) is 11.2 Å². The summed E-state index contributed by atoms with van der Waals surface area (Å²) < 4.78 is 2.15. The van der Waals surface area contributed by atoms with Gasteiger partial charge in [0.25, 0.3) is 0 Å². The molecule has 0 unspecified atom stereocenters. The van der Waals surface area contributed by atoms with E-state index in [4.69, 9.17) is 5.11 Å². The smallest absolute Gasteiger partial charge is 0.303 e. The number of aromatic nitrogens is 2. The number of carboxylic acid groups (broad SMARTS) is 1. The summed E-state index contributed by atoms with van der Waals surface area (Å²) in [5, 5.41) is 8.58. The van der Waals surface area contributed by atoms with Crippen molar-refractivity contribution in [3.8, 4) is 5.69 Å². The van der Waals surface area contributed by atoms with Crippen molar-refractivity contribution in [3.05, 3.63) is 48.0 Å². The minimum Gasteiger partial charge on any atom is -0.481 e. The fraction of sp³-hybridized carbons (Fsp3) is 0.500. The molecular formula is C20H28N2O2. The van der Waals surface area contributed by atoms with Crippen molar-refractivity contribution in [2.24, 2.45) is 0 Å². The minimum atomic E-state index is -0.680. The van der Waals surface area contributed by atoms with E-state index in [0.717, 1.165) is 42.9 Å². The quantitative estimate of drug-likeness (QED) is 0.595. The lowest BCUT2D eigenvalue weighted by Gasteiger charge is -2.03. The van der Waals surface area contributed by atoms with Crippen LogP contribution in [0.1, 0.15) is 62.9 Å². The summed E-state index contributed by atoms with van der Waals surface area (Å²) in [5.41, 5.74) is 2.33. The lowest BCUT2D eigenvalue weighted by atomic mass is 10.1. The van der Waals surface area contributed by atoms with E-state index < -0.39 is 5.97 Å². The second kappa shape index (κ2) is 9.91. The molecule has 2 rings (SSSR count). The molecule has 4 nitrogen and oxygen atoms in total. The fourth-order valence-corrected chi connectivity index (χ4v) is 2.97. The molecule has 1 heterocycles. The summed E-state index contributed by atoms with van der Waals surface area (Å²) in [6, 6.07) is 10.3. The zero-order valence-electron chi connectivity index (χ0n) is 14.6. The molecule has 0 radical (unpaired) electrons. The summed E-state index contributed by atoms with van der Waals surface area (Å²) in [5.74, 6) is 0.356. The van der Waals surface area contributed by atoms with Gasteiger partial charge in [0.1, 0.15) is 5.82 Å². The molecule has 0 amide bonds. The van der Waals surface area contributed by atoms with Crippen LogP contribution in [0.15, 0.2) is 36.5 Å². The number of rotatable bonds is 11. The number of carboxylic acids is 1. The van der Waals surface area contributed by atoms with Gasteiger partial charge in [-0.05, 0) is 38.3 Å². The van der Waals surface area contributed by atoms with Gasteiger partial charge in [0.2, 0.25) is 0 Å². The normalized spacial score (nSPS) is 10.9. The van der Waals surface area contributed by atoms with Crippen molar-refractivity contribution >= 4 is 5.97 Å². The molecule has 0 spiro atoms. The van der Waals surface area contributed by atoms with E-state index in [1.165, 1.54) is 25.7 Å². The number of nitrogens with zero attached hydrogens (tertiary/aromatic N) is 2. The van der Waals surface area contributed by atoms with Crippen LogP contribution in [0.2, 0.25) is 0 Å². The minimum absolute atomic E-state index is 0.309. The van der Waals surface area contributed by atoms with Crippen LogP contribution >= 0.6 is 0 Å². The van der Waals surface area contributed by atoms with Gasteiger partial charge in [-0.2, -0.15) is 0 Å². The van der Waals surface area contributed by atoms with Crippen LogP contribution in [0.3, 0.4) is 0 Å². The predicted molar refractivity (Wildman–Crippen MR) is 96.6 cm³/mol. The number of imidazole rings is 1. The van der Waals surface area contributed by atoms with Gasteiger partial charge in [0.05, 0.1) is 5.69 Å². The van der Waals surface area contributed by atoms with Gasteiger partial charge in [-0.25, -0.2) is 4.98 Å². The number of carbonyl (C=O) groups is 1. The lowest BCUT2D eigenvalue weighted by Crippen LogP contribution is -1.94. The molecule has 2 aromatic rings. The van der Waals surface area contributed by atoms with E-state index >= 15 is 0 Å². The third-order valence-electron chi connectivity index (χ3n) is 4.29. The fourth-order valence-electron chi connectivity index (χ4n) is 2.97. The molecule has 0 aliphatic heterocycles. The molecule has 1 aromatic carbocycles. The number of aliphatic carboxylic acids is 1. The van der Waals surface area contributed by atoms with Crippen molar-refractivity contribution in [1.29, 1.82) is 0 Å². The van der Waals surface area contributed by atoms with E-state index in [-0.39, 0.29) is 0 Å². The number of hydrogen-bond donors (Lipinski definition) is 1. The van der Waals surface area contributed by atoms with E-state index in [0.29, 0.717) is 6.42 Å². The molecule has 1 aromatic heterocycles. The number of para-hydroxylation sites is 1. The first-order valence-electron chi connectivity index (χ1n) is 8.99. The second-order valence-electron chi connectivity index (χ2n) is 6.35. The Kier molecular flexibility index (Phi) is 7.53. The number of aryl methyl sites for hydroxylation is 2. The van der Waals surface area contributed by atoms with Gasteiger partial charge < -0.3 is 9.67 Å². The maximum Gasteiger partial charge on any atom is 0.303 e. The highest BCUT2D eigenvalue weighted by Crippen LogP contribution is 2.15. The second-order valence-corrected chi connectivity index (χ2v) is 6.35. The summed E-state index contributed by atoms with van der Waals surface area (Å²) in [7, 11) is 0. The first kappa shape index (κ1) is 18.2. The Balaban J connectivity index is 1.62. The van der Waals surface area contributed by atoms with Gasteiger partial charge in [0.15, 0.2) is 0 Å². The number of unbranched alkanes of at least 4 members (excludes halogenated alkanes) is 6. The molecule has 0 fully saturated rings. The van der Waals surface area contributed by atoms with Crippen molar-refractivity contribution in [1.82, 2.24) is 9.55 Å². The average Bonchev–Trinajstić information content (AvgIpc) is 2.94. The Bertz CT molecular complexity index is 620. The molecule has 0 saturated carbocycles. The Morgan fingerprint density at radius 3 is 2.29 bits per heavy atom. The Labute approximate surface area is 144 Å². The monoisotopic (exact) mass is 328 g/mol. The maximum atomic E-state index is 10.4. The molecule has 0 bridgehead atoms. The first-order valence-corrected chi connectivity index (χ1v) is 8.99. The molecule has 4 heteroatoms. The number of hydrogen-bond acceptors (Lipinski definition) is 2. The van der Waals surface area contributed by atoms with Crippen molar-refractivity contribution < 1.29 is 9.90 Å². The molecular weight excluding hydrogens is 300 g/mol. The first-order chi connectivity index (χ1) is 11.7. The topological polar surface area (TPSA) is 55.1 Å². The standard InChI is InChI=1S/C20H28N2O2/c1-17-21-18(16-22(17)19-13-9-7-10-14-19)12-8-5-3-2-4-6-11-15-20(23)24/h7,9-10,13-14,16H,2-6,8,11-12,15H2,1H3,(H,23,24). The molecule has 1 N–H and O–H groups in total. The van der Waals surface area contributed by atoms with E-state index in [9.17, 15) is 4.79 Å². The number of benzene rings is 1. The summed E-state index contributed by atoms with van der Waals surface area (Å²) >= 11 is 0. The van der Waals surface area contributed by atoms with Gasteiger partial charge in [-0.1, -0.05) is 50.3 Å². The summed E-state index contributed by atoms with van der Waals surface area (Å²) in [6.07, 6.45) is 11.3. The third kappa shape index (κ3) is 6.19. The Morgan fingerprint density at radius 2 is 1.62 bits per heavy atom. The van der Waals surface area contributed by atoms with Crippen molar-refractivity contribution in [3.63, 3.8) is 0 Å². The molecule has 0 aliphatic carbocycles. The van der Waals surface area contributed by atoms with Crippen molar-refractivity contribution in [2.75, 3.05) is 0 Å². The van der Waals surface area contributed by atoms with Gasteiger partial charge in [0, 0.05) is 18.3 Å². The Hall–Kier alpha value is -2.10. The summed E-state index contributed by atoms with van der Waals surface area (Å²) in [6.45, 7) is 2.05. The zero-order valence-corrected chi connectivity index (χ0v) is 14.6. The zero-order chi connectivity index (χ0) is 17.2. The lowest BCUT2D eigenvalue weighted by molar-refractivity contribution is -0.137. The van der Waals surface area contributed by atoms with E-state index in [1.54, 1.807) is 0 Å². The van der Waals surface area contributed by atoms with Crippen LogP contribution in [0, 0.1) is 6.92 Å². The molecule has 0 saturated heterocycles. The average molecular weight is 328 g/mol. The van der Waals surface area contributed by atoms with Gasteiger partial charge in [-0.15, -0.1) is 0 Å². The van der Waals surface area contributed by atoms with Crippen LogP contribution in [0.5, 0.6) is 0 Å². The molecule has 0 aliphatic rings. The van der Waals surface area contributed by atoms with E-state index in [2.05, 4.69) is 27.9 Å². The molecule has 130 valence electrons. The highest BCUT2D eigenvalue weighted by atomic mass is 16.4. The van der Waals surface area contributed by atoms with Crippen LogP contribution in [-0.4, -0.2) is 20.6 Å². The van der Waals surface area contributed by atoms with Crippen LogP contribution in [0.4, 0.5) is 0 Å². The van der Waals surface area contributed by atoms with Crippen LogP contribution < -0.4 is 0 Å². The maximum absolute atomic E-state index is 10.4. The van der Waals surface area contributed by atoms with Crippen molar-refractivity contribution in [2.45, 2.75) is 64.7 Å². The van der Waals surface area contributed by atoms with Gasteiger partial charge in [-0.3, -0.25) is 4.79 Å². The largest absolute Gasteiger partial charge is 0.481 e. The van der Waals surface area contributed by atoms with E-state index in [1.807, 2.05) is 25.1 Å². The SMILES string of the molecule is Cc1nc(CCCCCCCCCC(=O)O)cn1-c1ccccc1. The van der Waals surface area contributed by atoms with Crippen LogP contribution in [0.25, 0.3) is 5.69 Å². The molecule has 0 atom stereocenters.